The monoisotopic (exact) mass is 497 g/mol. The molecule has 0 radical (unpaired) electrons. The van der Waals surface area contributed by atoms with Crippen molar-refractivity contribution in [3.8, 4) is 21.7 Å². The van der Waals surface area contributed by atoms with Crippen LogP contribution in [-0.2, 0) is 15.9 Å². The topological polar surface area (TPSA) is 132 Å². The summed E-state index contributed by atoms with van der Waals surface area (Å²) in [6.07, 6.45) is 5.18. The van der Waals surface area contributed by atoms with E-state index >= 15 is 0 Å². The summed E-state index contributed by atoms with van der Waals surface area (Å²) in [5.41, 5.74) is 2.63. The number of carbonyl (C=O) groups excluding carboxylic acids is 3. The van der Waals surface area contributed by atoms with Crippen LogP contribution < -0.4 is 10.6 Å². The van der Waals surface area contributed by atoms with Crippen molar-refractivity contribution in [2.24, 2.45) is 0 Å². The van der Waals surface area contributed by atoms with Gasteiger partial charge in [0.2, 0.25) is 0 Å². The molecule has 0 atom stereocenters. The Bertz CT molecular complexity index is 1230. The summed E-state index contributed by atoms with van der Waals surface area (Å²) in [4.78, 5) is 51.0. The number of hydrogen-bond acceptors (Lipinski definition) is 9. The minimum absolute atomic E-state index is 0.0379. The van der Waals surface area contributed by atoms with Crippen molar-refractivity contribution in [3.05, 3.63) is 46.9 Å². The second-order valence-corrected chi connectivity index (χ2v) is 8.01. The fraction of sp³-hybridized carbons (Fsp3) is 0.333. The number of ether oxygens (including phenoxy) is 2. The van der Waals surface area contributed by atoms with E-state index in [0.717, 1.165) is 5.69 Å². The first kappa shape index (κ1) is 25.8. The lowest BCUT2D eigenvalue weighted by atomic mass is 9.97. The Hall–Kier alpha value is -3.86. The van der Waals surface area contributed by atoms with Crippen LogP contribution in [0.25, 0.3) is 21.7 Å². The van der Waals surface area contributed by atoms with E-state index in [1.807, 2.05) is 12.3 Å². The number of aryl methyl sites for hydroxylation is 1. The average Bonchev–Trinajstić information content (AvgIpc) is 3.33. The van der Waals surface area contributed by atoms with Crippen LogP contribution in [0.2, 0.25) is 0 Å². The summed E-state index contributed by atoms with van der Waals surface area (Å²) < 4.78 is 10.4. The molecule has 0 aliphatic heterocycles. The van der Waals surface area contributed by atoms with Crippen molar-refractivity contribution in [1.29, 1.82) is 0 Å². The molecule has 0 aromatic carbocycles. The summed E-state index contributed by atoms with van der Waals surface area (Å²) in [6, 6.07) is 1.11. The molecule has 0 spiro atoms. The van der Waals surface area contributed by atoms with Crippen molar-refractivity contribution >= 4 is 35.1 Å². The van der Waals surface area contributed by atoms with Crippen LogP contribution in [0.4, 0.5) is 10.6 Å². The molecular formula is C24H27N5O5S. The van der Waals surface area contributed by atoms with Gasteiger partial charge in [0.25, 0.3) is 0 Å². The van der Waals surface area contributed by atoms with Crippen LogP contribution in [0.1, 0.15) is 54.1 Å². The maximum Gasteiger partial charge on any atom is 0.342 e. The Labute approximate surface area is 207 Å². The second-order valence-electron chi connectivity index (χ2n) is 7.16. The highest BCUT2D eigenvalue weighted by molar-refractivity contribution is 7.13. The van der Waals surface area contributed by atoms with E-state index in [2.05, 4.69) is 25.6 Å². The number of hydrogen-bond donors (Lipinski definition) is 2. The molecule has 35 heavy (non-hydrogen) atoms. The number of rotatable bonds is 9. The first-order valence-corrected chi connectivity index (χ1v) is 12.1. The van der Waals surface area contributed by atoms with Crippen molar-refractivity contribution < 1.29 is 23.9 Å². The zero-order valence-electron chi connectivity index (χ0n) is 20.0. The molecule has 0 aliphatic carbocycles. The summed E-state index contributed by atoms with van der Waals surface area (Å²) in [5.74, 6) is -1.14. The maximum absolute atomic E-state index is 13.2. The van der Waals surface area contributed by atoms with Gasteiger partial charge in [0.15, 0.2) is 0 Å². The first-order valence-electron chi connectivity index (χ1n) is 11.3. The smallest absolute Gasteiger partial charge is 0.342 e. The van der Waals surface area contributed by atoms with Crippen LogP contribution >= 0.6 is 11.3 Å². The minimum Gasteiger partial charge on any atom is -0.462 e. The standard InChI is InChI=1S/C24H27N5O5S/c1-5-16-13-35-21(28-16)18-17(14-9-15(11-25-10-14)22(30)33-7-3)12-27-20(29-24(32)26-6-2)19(18)23(31)34-8-4/h9-13H,5-8H2,1-4H3,(H2,26,27,29,32). The quantitative estimate of drug-likeness (QED) is 0.418. The number of pyridine rings is 2. The summed E-state index contributed by atoms with van der Waals surface area (Å²) in [7, 11) is 0. The molecule has 184 valence electrons. The number of anilines is 1. The third-order valence-electron chi connectivity index (χ3n) is 4.82. The molecular weight excluding hydrogens is 470 g/mol. The van der Waals surface area contributed by atoms with E-state index in [4.69, 9.17) is 9.47 Å². The predicted molar refractivity (Wildman–Crippen MR) is 133 cm³/mol. The zero-order chi connectivity index (χ0) is 25.4. The highest BCUT2D eigenvalue weighted by Crippen LogP contribution is 2.39. The minimum atomic E-state index is -0.661. The Balaban J connectivity index is 2.29. The molecule has 0 unspecified atom stereocenters. The summed E-state index contributed by atoms with van der Waals surface area (Å²) in [6.45, 7) is 7.91. The van der Waals surface area contributed by atoms with Crippen molar-refractivity contribution in [2.75, 3.05) is 25.1 Å². The van der Waals surface area contributed by atoms with E-state index in [-0.39, 0.29) is 30.2 Å². The Morgan fingerprint density at radius 3 is 2.40 bits per heavy atom. The van der Waals surface area contributed by atoms with Gasteiger partial charge in [-0.2, -0.15) is 0 Å². The molecule has 11 heteroatoms. The normalized spacial score (nSPS) is 10.5. The molecule has 0 fully saturated rings. The van der Waals surface area contributed by atoms with Gasteiger partial charge in [-0.25, -0.2) is 24.4 Å². The van der Waals surface area contributed by atoms with E-state index in [9.17, 15) is 14.4 Å². The molecule has 3 aromatic rings. The van der Waals surface area contributed by atoms with Crippen LogP contribution in [0, 0.1) is 0 Å². The summed E-state index contributed by atoms with van der Waals surface area (Å²) in [5, 5.41) is 7.70. The largest absolute Gasteiger partial charge is 0.462 e. The van der Waals surface area contributed by atoms with Gasteiger partial charge in [-0.1, -0.05) is 6.92 Å². The molecule has 0 bridgehead atoms. The molecule has 0 aliphatic rings. The maximum atomic E-state index is 13.2. The molecule has 0 saturated heterocycles. The fourth-order valence-electron chi connectivity index (χ4n) is 3.26. The summed E-state index contributed by atoms with van der Waals surface area (Å²) >= 11 is 1.36. The van der Waals surface area contributed by atoms with Crippen molar-refractivity contribution in [3.63, 3.8) is 0 Å². The number of urea groups is 1. The van der Waals surface area contributed by atoms with Crippen LogP contribution in [0.15, 0.2) is 30.0 Å². The Kier molecular flexibility index (Phi) is 8.85. The average molecular weight is 498 g/mol. The van der Waals surface area contributed by atoms with Crippen molar-refractivity contribution in [1.82, 2.24) is 20.3 Å². The van der Waals surface area contributed by atoms with Gasteiger partial charge in [0.05, 0.1) is 24.5 Å². The van der Waals surface area contributed by atoms with Gasteiger partial charge in [0.1, 0.15) is 16.4 Å². The molecule has 2 amide bonds. The van der Waals surface area contributed by atoms with E-state index in [0.29, 0.717) is 34.7 Å². The first-order chi connectivity index (χ1) is 16.9. The lowest BCUT2D eigenvalue weighted by molar-refractivity contribution is 0.0517. The lowest BCUT2D eigenvalue weighted by Gasteiger charge is -2.17. The number of esters is 2. The van der Waals surface area contributed by atoms with Crippen LogP contribution in [-0.4, -0.2) is 52.7 Å². The highest BCUT2D eigenvalue weighted by atomic mass is 32.1. The van der Waals surface area contributed by atoms with Gasteiger partial charge >= 0.3 is 18.0 Å². The predicted octanol–water partition coefficient (Wildman–Crippen LogP) is 4.32. The third-order valence-corrected chi connectivity index (χ3v) is 5.72. The fourth-order valence-corrected chi connectivity index (χ4v) is 4.23. The third kappa shape index (κ3) is 5.99. The second kappa shape index (κ2) is 12.0. The number of amides is 2. The Morgan fingerprint density at radius 1 is 1.00 bits per heavy atom. The molecule has 3 aromatic heterocycles. The number of nitrogens with one attached hydrogen (secondary N) is 2. The van der Waals surface area contributed by atoms with Gasteiger partial charge < -0.3 is 14.8 Å². The number of aromatic nitrogens is 3. The molecule has 0 saturated carbocycles. The lowest BCUT2D eigenvalue weighted by Crippen LogP contribution is -2.29. The number of thiazole rings is 1. The molecule has 2 N–H and O–H groups in total. The number of nitrogens with zero attached hydrogens (tertiary/aromatic N) is 3. The van der Waals surface area contributed by atoms with Crippen LogP contribution in [0.3, 0.4) is 0 Å². The number of carbonyl (C=O) groups is 3. The van der Waals surface area contributed by atoms with Gasteiger partial charge in [0, 0.05) is 47.2 Å². The SMILES string of the molecule is CCNC(=O)Nc1ncc(-c2cncc(C(=O)OCC)c2)c(-c2nc(CC)cs2)c1C(=O)OCC. The van der Waals surface area contributed by atoms with Gasteiger partial charge in [-0.15, -0.1) is 11.3 Å². The Morgan fingerprint density at radius 2 is 1.74 bits per heavy atom. The van der Waals surface area contributed by atoms with Crippen LogP contribution in [0.5, 0.6) is 0 Å². The molecule has 3 rings (SSSR count). The van der Waals surface area contributed by atoms with Gasteiger partial charge in [-0.3, -0.25) is 10.3 Å². The molecule has 10 nitrogen and oxygen atoms in total. The molecule has 3 heterocycles. The highest BCUT2D eigenvalue weighted by Gasteiger charge is 2.27. The van der Waals surface area contributed by atoms with E-state index < -0.39 is 18.0 Å². The van der Waals surface area contributed by atoms with E-state index in [1.165, 1.54) is 23.7 Å². The van der Waals surface area contributed by atoms with Gasteiger partial charge in [-0.05, 0) is 33.3 Å². The van der Waals surface area contributed by atoms with E-state index in [1.54, 1.807) is 33.0 Å². The van der Waals surface area contributed by atoms with Crippen molar-refractivity contribution in [2.45, 2.75) is 34.1 Å². The zero-order valence-corrected chi connectivity index (χ0v) is 20.8.